The van der Waals surface area contributed by atoms with Crippen LogP contribution >= 0.6 is 15.9 Å². The van der Waals surface area contributed by atoms with Crippen LogP contribution in [-0.2, 0) is 12.4 Å². The van der Waals surface area contributed by atoms with Crippen molar-refractivity contribution in [2.24, 2.45) is 0 Å². The van der Waals surface area contributed by atoms with Gasteiger partial charge in [-0.1, -0.05) is 0 Å². The van der Waals surface area contributed by atoms with Gasteiger partial charge in [-0.3, -0.25) is 0 Å². The normalized spacial score (nSPS) is 13.5. The molecule has 0 aromatic heterocycles. The van der Waals surface area contributed by atoms with Crippen LogP contribution in [0.5, 0.6) is 5.75 Å². The number of benzene rings is 1. The molecule has 0 radical (unpaired) electrons. The van der Waals surface area contributed by atoms with Crippen LogP contribution in [0.15, 0.2) is 16.6 Å². The van der Waals surface area contributed by atoms with E-state index >= 15 is 0 Å². The van der Waals surface area contributed by atoms with Crippen LogP contribution in [0.2, 0.25) is 0 Å². The van der Waals surface area contributed by atoms with Crippen molar-refractivity contribution in [2.45, 2.75) is 18.7 Å². The summed E-state index contributed by atoms with van der Waals surface area (Å²) in [7, 11) is 0. The first-order valence-electron chi connectivity index (χ1n) is 4.46. The van der Waals surface area contributed by atoms with Gasteiger partial charge in [0.25, 0.3) is 0 Å². The Morgan fingerprint density at radius 2 is 1.30 bits per heavy atom. The molecule has 0 fully saturated rings. The van der Waals surface area contributed by atoms with Crippen LogP contribution in [-0.4, -0.2) is 6.36 Å². The largest absolute Gasteiger partial charge is 0.573 e. The highest BCUT2D eigenvalue weighted by Gasteiger charge is 2.45. The van der Waals surface area contributed by atoms with Crippen molar-refractivity contribution in [1.82, 2.24) is 0 Å². The second kappa shape index (κ2) is 5.01. The number of rotatable bonds is 1. The predicted molar refractivity (Wildman–Crippen MR) is 50.8 cm³/mol. The highest BCUT2D eigenvalue weighted by Crippen LogP contribution is 2.47. The van der Waals surface area contributed by atoms with Crippen molar-refractivity contribution < 1.29 is 44.3 Å². The molecule has 0 N–H and O–H groups in total. The zero-order chi connectivity index (χ0) is 15.9. The lowest BCUT2D eigenvalue weighted by Gasteiger charge is -2.19. The van der Waals surface area contributed by atoms with E-state index in [1.807, 2.05) is 15.9 Å². The summed E-state index contributed by atoms with van der Waals surface area (Å²) >= 11 is 2.02. The Kier molecular flexibility index (Phi) is 4.24. The summed E-state index contributed by atoms with van der Waals surface area (Å²) in [6.45, 7) is 0. The number of hydrogen-bond donors (Lipinski definition) is 0. The molecule has 20 heavy (non-hydrogen) atoms. The van der Waals surface area contributed by atoms with Gasteiger partial charge in [0.15, 0.2) is 0 Å². The van der Waals surface area contributed by atoms with Gasteiger partial charge >= 0.3 is 18.7 Å². The average molecular weight is 377 g/mol. The summed E-state index contributed by atoms with van der Waals surface area (Å²) in [6, 6.07) is 0.0181. The quantitative estimate of drug-likeness (QED) is 0.597. The van der Waals surface area contributed by atoms with E-state index < -0.39 is 40.1 Å². The lowest BCUT2D eigenvalue weighted by molar-refractivity contribution is -0.276. The van der Waals surface area contributed by atoms with Gasteiger partial charge in [-0.2, -0.15) is 26.3 Å². The lowest BCUT2D eigenvalue weighted by Crippen LogP contribution is -2.21. The van der Waals surface area contributed by atoms with Gasteiger partial charge in [0.05, 0.1) is 5.56 Å². The van der Waals surface area contributed by atoms with Gasteiger partial charge < -0.3 is 4.74 Å². The average Bonchev–Trinajstić information content (AvgIpc) is 2.09. The topological polar surface area (TPSA) is 9.23 Å². The molecular formula is C9H2BrF9O. The molecule has 0 aliphatic heterocycles. The minimum absolute atomic E-state index is 0.0378. The minimum Gasteiger partial charge on any atom is -0.405 e. The molecule has 11 heteroatoms. The summed E-state index contributed by atoms with van der Waals surface area (Å²) in [5, 5.41) is 0. The van der Waals surface area contributed by atoms with E-state index in [4.69, 9.17) is 0 Å². The molecule has 1 aromatic carbocycles. The van der Waals surface area contributed by atoms with E-state index in [0.717, 1.165) is 0 Å². The van der Waals surface area contributed by atoms with Crippen molar-refractivity contribution in [3.8, 4) is 5.75 Å². The third-order valence-electron chi connectivity index (χ3n) is 1.92. The highest BCUT2D eigenvalue weighted by molar-refractivity contribution is 9.10. The number of hydrogen-bond acceptors (Lipinski definition) is 1. The molecule has 1 aromatic rings. The van der Waals surface area contributed by atoms with Crippen molar-refractivity contribution in [1.29, 1.82) is 0 Å². The maximum Gasteiger partial charge on any atom is 0.573 e. The summed E-state index contributed by atoms with van der Waals surface area (Å²) in [5.41, 5.74) is -3.95. The van der Waals surface area contributed by atoms with E-state index in [2.05, 4.69) is 4.74 Å². The Hall–Kier alpha value is -1.13. The molecule has 1 rings (SSSR count). The summed E-state index contributed by atoms with van der Waals surface area (Å²) in [4.78, 5) is 0. The van der Waals surface area contributed by atoms with E-state index in [9.17, 15) is 39.5 Å². The molecule has 0 spiro atoms. The van der Waals surface area contributed by atoms with E-state index in [1.165, 1.54) is 0 Å². The van der Waals surface area contributed by atoms with Gasteiger partial charge in [-0.25, -0.2) is 0 Å². The Morgan fingerprint density at radius 3 is 1.65 bits per heavy atom. The van der Waals surface area contributed by atoms with Gasteiger partial charge in [0, 0.05) is 4.47 Å². The highest BCUT2D eigenvalue weighted by atomic mass is 79.9. The molecule has 0 amide bonds. The number of ether oxygens (including phenoxy) is 1. The van der Waals surface area contributed by atoms with Crippen LogP contribution in [0.1, 0.15) is 11.1 Å². The fraction of sp³-hybridized carbons (Fsp3) is 0.333. The van der Waals surface area contributed by atoms with Crippen molar-refractivity contribution in [3.63, 3.8) is 0 Å². The van der Waals surface area contributed by atoms with Crippen LogP contribution in [0, 0.1) is 0 Å². The van der Waals surface area contributed by atoms with Crippen molar-refractivity contribution in [3.05, 3.63) is 27.7 Å². The van der Waals surface area contributed by atoms with E-state index in [1.54, 1.807) is 0 Å². The fourth-order valence-corrected chi connectivity index (χ4v) is 2.03. The maximum atomic E-state index is 12.6. The lowest BCUT2D eigenvalue weighted by atomic mass is 10.1. The van der Waals surface area contributed by atoms with Crippen LogP contribution in [0.4, 0.5) is 39.5 Å². The molecule has 0 atom stereocenters. The third-order valence-corrected chi connectivity index (χ3v) is 2.74. The van der Waals surface area contributed by atoms with Crippen LogP contribution in [0.25, 0.3) is 0 Å². The molecule has 1 nitrogen and oxygen atoms in total. The number of alkyl halides is 9. The zero-order valence-corrected chi connectivity index (χ0v) is 10.4. The first-order valence-corrected chi connectivity index (χ1v) is 5.25. The van der Waals surface area contributed by atoms with Crippen LogP contribution in [0.3, 0.4) is 0 Å². The molecule has 0 aliphatic carbocycles. The predicted octanol–water partition coefficient (Wildman–Crippen LogP) is 5.39. The fourth-order valence-electron chi connectivity index (χ4n) is 1.25. The summed E-state index contributed by atoms with van der Waals surface area (Å²) in [6.07, 6.45) is -16.1. The molecule has 0 saturated heterocycles. The monoisotopic (exact) mass is 376 g/mol. The molecule has 0 bridgehead atoms. The van der Waals surface area contributed by atoms with Gasteiger partial charge in [-0.15, -0.1) is 13.2 Å². The second-order valence-electron chi connectivity index (χ2n) is 3.34. The van der Waals surface area contributed by atoms with E-state index in [-0.39, 0.29) is 12.1 Å². The van der Waals surface area contributed by atoms with Gasteiger partial charge in [-0.05, 0) is 28.1 Å². The Morgan fingerprint density at radius 1 is 0.800 bits per heavy atom. The first kappa shape index (κ1) is 16.9. The molecule has 0 heterocycles. The zero-order valence-electron chi connectivity index (χ0n) is 8.84. The SMILES string of the molecule is FC(F)(F)Oc1ccc(C(F)(F)F)c(Br)c1C(F)(F)F. The summed E-state index contributed by atoms with van der Waals surface area (Å²) < 4.78 is 112. The minimum atomic E-state index is -5.47. The van der Waals surface area contributed by atoms with Gasteiger partial charge in [0.2, 0.25) is 0 Å². The molecule has 0 saturated carbocycles. The molecular weight excluding hydrogens is 375 g/mol. The second-order valence-corrected chi connectivity index (χ2v) is 4.14. The third kappa shape index (κ3) is 3.93. The first-order chi connectivity index (χ1) is 8.73. The maximum absolute atomic E-state index is 12.6. The van der Waals surface area contributed by atoms with Crippen molar-refractivity contribution >= 4 is 15.9 Å². The van der Waals surface area contributed by atoms with E-state index in [0.29, 0.717) is 0 Å². The van der Waals surface area contributed by atoms with Crippen LogP contribution < -0.4 is 4.74 Å². The Labute approximate surface area is 113 Å². The Balaban J connectivity index is 3.53. The van der Waals surface area contributed by atoms with Crippen molar-refractivity contribution in [2.75, 3.05) is 0 Å². The Bertz CT molecular complexity index is 500. The molecule has 0 aliphatic rings. The standard InChI is InChI=1S/C9H2BrF9O/c10-6-3(7(11,12)13)1-2-4(20-9(17,18)19)5(6)8(14,15)16/h1-2H. The molecule has 114 valence electrons. The smallest absolute Gasteiger partial charge is 0.405 e. The summed E-state index contributed by atoms with van der Waals surface area (Å²) in [5.74, 6) is -1.77. The van der Waals surface area contributed by atoms with Gasteiger partial charge in [0.1, 0.15) is 11.3 Å². The molecule has 0 unspecified atom stereocenters. The number of halogens is 10.